The molecule has 11 rings (SSSR count). The molecule has 0 spiro atoms. The zero-order valence-electron chi connectivity index (χ0n) is 28.3. The molecular weight excluding hydrogens is 639 g/mol. The molecule has 9 aromatic rings. The lowest BCUT2D eigenvalue weighted by atomic mass is 9.84. The molecule has 6 aromatic carbocycles. The van der Waals surface area contributed by atoms with Gasteiger partial charge in [0.25, 0.3) is 0 Å². The molecule has 0 amide bonds. The van der Waals surface area contributed by atoms with Gasteiger partial charge in [0.05, 0.1) is 0 Å². The summed E-state index contributed by atoms with van der Waals surface area (Å²) in [5.74, 6) is 2.88. The maximum atomic E-state index is 6.54. The van der Waals surface area contributed by atoms with Crippen LogP contribution in [0.3, 0.4) is 0 Å². The number of hydrogen-bond donors (Lipinski definition) is 0. The number of benzene rings is 6. The normalized spacial score (nSPS) is 14.1. The van der Waals surface area contributed by atoms with Crippen molar-refractivity contribution in [1.29, 1.82) is 0 Å². The summed E-state index contributed by atoms with van der Waals surface area (Å²) in [7, 11) is 0. The van der Waals surface area contributed by atoms with Crippen molar-refractivity contribution in [3.8, 4) is 22.8 Å². The first-order chi connectivity index (χ1) is 25.7. The third-order valence-corrected chi connectivity index (χ3v) is 10.7. The summed E-state index contributed by atoms with van der Waals surface area (Å²) in [5.41, 5.74) is 11.6. The third-order valence-electron chi connectivity index (χ3n) is 10.7. The van der Waals surface area contributed by atoms with E-state index in [1.807, 2.05) is 42.5 Å². The van der Waals surface area contributed by atoms with Crippen molar-refractivity contribution < 1.29 is 8.83 Å². The van der Waals surface area contributed by atoms with E-state index in [1.165, 1.54) is 27.5 Å². The Balaban J connectivity index is 1.18. The zero-order valence-corrected chi connectivity index (χ0v) is 28.3. The van der Waals surface area contributed by atoms with Crippen LogP contribution in [0.4, 0.5) is 0 Å². The van der Waals surface area contributed by atoms with Crippen LogP contribution in [0.15, 0.2) is 142 Å². The summed E-state index contributed by atoms with van der Waals surface area (Å²) in [6.07, 6.45) is 8.18. The summed E-state index contributed by atoms with van der Waals surface area (Å²) >= 11 is 0. The summed E-state index contributed by atoms with van der Waals surface area (Å²) in [6, 6.07) is 44.4. The predicted molar refractivity (Wildman–Crippen MR) is 210 cm³/mol. The van der Waals surface area contributed by atoms with Crippen LogP contribution < -0.4 is 0 Å². The van der Waals surface area contributed by atoms with Gasteiger partial charge in [-0.1, -0.05) is 109 Å². The minimum absolute atomic E-state index is 0.638. The second kappa shape index (κ2) is 11.5. The standard InChI is InChI=1S/C47H31N3O2/c1-2-11-29(12-3-1)45-48-46(32-20-22-34-30(26-32)19-18-28-10-4-5-13-33(28)34)50-47(49-45)44-35(23-25-42-43(44)37-15-7-9-17-40(37)52-42)31-21-24-41-38(27-31)36-14-6-8-16-39(36)51-41/h1-4,6-12,14-22,24,26-27H,5,13,23,25H2. The molecule has 0 fully saturated rings. The SMILES string of the molecule is C1=Cc2ccc3cc(-c4nc(C5=C(c6ccc7oc8ccccc8c7c6)CCc6oc7ccccc7c65)nc(-c5ccccc5)n4)ccc3c2CC1. The molecule has 0 N–H and O–H groups in total. The molecular formula is C47H31N3O2. The summed E-state index contributed by atoms with van der Waals surface area (Å²) in [5, 5.41) is 5.74. The Kier molecular flexibility index (Phi) is 6.44. The Morgan fingerprint density at radius 1 is 0.481 bits per heavy atom. The average molecular weight is 670 g/mol. The van der Waals surface area contributed by atoms with Gasteiger partial charge in [0.15, 0.2) is 17.5 Å². The smallest absolute Gasteiger partial charge is 0.165 e. The van der Waals surface area contributed by atoms with Crippen molar-refractivity contribution >= 4 is 60.9 Å². The molecule has 0 aliphatic heterocycles. The quantitative estimate of drug-likeness (QED) is 0.187. The summed E-state index contributed by atoms with van der Waals surface area (Å²) in [6.45, 7) is 0. The first-order valence-corrected chi connectivity index (χ1v) is 18.0. The van der Waals surface area contributed by atoms with Gasteiger partial charge >= 0.3 is 0 Å². The van der Waals surface area contributed by atoms with Crippen molar-refractivity contribution in [1.82, 2.24) is 15.0 Å². The minimum Gasteiger partial charge on any atom is -0.460 e. The fourth-order valence-electron chi connectivity index (χ4n) is 8.27. The van der Waals surface area contributed by atoms with Gasteiger partial charge in [-0.2, -0.15) is 0 Å². The molecule has 5 nitrogen and oxygen atoms in total. The van der Waals surface area contributed by atoms with Crippen LogP contribution in [0, 0.1) is 0 Å². The first kappa shape index (κ1) is 29.2. The van der Waals surface area contributed by atoms with E-state index >= 15 is 0 Å². The lowest BCUT2D eigenvalue weighted by Crippen LogP contribution is -2.09. The fraction of sp³-hybridized carbons (Fsp3) is 0.0851. The maximum absolute atomic E-state index is 6.54. The number of fused-ring (bicyclic) bond motifs is 9. The highest BCUT2D eigenvalue weighted by atomic mass is 16.3. The van der Waals surface area contributed by atoms with Crippen LogP contribution in [-0.2, 0) is 12.8 Å². The van der Waals surface area contributed by atoms with Gasteiger partial charge < -0.3 is 8.83 Å². The second-order valence-electron chi connectivity index (χ2n) is 13.7. The van der Waals surface area contributed by atoms with Crippen molar-refractivity contribution in [2.24, 2.45) is 0 Å². The molecule has 3 aromatic heterocycles. The monoisotopic (exact) mass is 669 g/mol. The van der Waals surface area contributed by atoms with Gasteiger partial charge in [-0.25, -0.2) is 15.0 Å². The summed E-state index contributed by atoms with van der Waals surface area (Å²) in [4.78, 5) is 15.8. The van der Waals surface area contributed by atoms with Gasteiger partial charge in [-0.15, -0.1) is 0 Å². The number of para-hydroxylation sites is 2. The number of hydrogen-bond acceptors (Lipinski definition) is 5. The van der Waals surface area contributed by atoms with E-state index < -0.39 is 0 Å². The fourth-order valence-corrected chi connectivity index (χ4v) is 8.27. The molecule has 246 valence electrons. The number of aryl methyl sites for hydroxylation is 2. The van der Waals surface area contributed by atoms with Crippen LogP contribution in [-0.4, -0.2) is 15.0 Å². The van der Waals surface area contributed by atoms with E-state index in [1.54, 1.807) is 0 Å². The summed E-state index contributed by atoms with van der Waals surface area (Å²) < 4.78 is 12.8. The average Bonchev–Trinajstić information content (AvgIpc) is 3.78. The van der Waals surface area contributed by atoms with Crippen molar-refractivity contribution in [2.75, 3.05) is 0 Å². The van der Waals surface area contributed by atoms with E-state index in [0.29, 0.717) is 17.5 Å². The van der Waals surface area contributed by atoms with Gasteiger partial charge in [-0.05, 0) is 82.6 Å². The number of furan rings is 2. The highest BCUT2D eigenvalue weighted by Gasteiger charge is 2.30. The van der Waals surface area contributed by atoms with Crippen LogP contribution in [0.5, 0.6) is 0 Å². The van der Waals surface area contributed by atoms with Gasteiger partial charge in [0.2, 0.25) is 0 Å². The molecule has 0 atom stereocenters. The van der Waals surface area contributed by atoms with Crippen molar-refractivity contribution in [3.63, 3.8) is 0 Å². The Bertz CT molecular complexity index is 2960. The van der Waals surface area contributed by atoms with Crippen LogP contribution >= 0.6 is 0 Å². The molecule has 52 heavy (non-hydrogen) atoms. The minimum atomic E-state index is 0.638. The van der Waals surface area contributed by atoms with Crippen LogP contribution in [0.1, 0.15) is 46.7 Å². The lowest BCUT2D eigenvalue weighted by Gasteiger charge is -2.21. The van der Waals surface area contributed by atoms with E-state index in [0.717, 1.165) is 92.2 Å². The van der Waals surface area contributed by atoms with E-state index in [-0.39, 0.29) is 0 Å². The topological polar surface area (TPSA) is 65.0 Å². The molecule has 2 aliphatic carbocycles. The van der Waals surface area contributed by atoms with Crippen LogP contribution in [0.2, 0.25) is 0 Å². The molecule has 0 radical (unpaired) electrons. The Morgan fingerprint density at radius 2 is 1.21 bits per heavy atom. The molecule has 0 saturated heterocycles. The van der Waals surface area contributed by atoms with E-state index in [4.69, 9.17) is 23.8 Å². The molecule has 0 unspecified atom stereocenters. The maximum Gasteiger partial charge on any atom is 0.165 e. The number of nitrogens with zero attached hydrogens (tertiary/aromatic N) is 3. The highest BCUT2D eigenvalue weighted by Crippen LogP contribution is 2.46. The van der Waals surface area contributed by atoms with E-state index in [2.05, 4.69) is 97.1 Å². The third kappa shape index (κ3) is 4.59. The molecule has 2 aliphatic rings. The lowest BCUT2D eigenvalue weighted by molar-refractivity contribution is 0.547. The number of rotatable bonds is 4. The Morgan fingerprint density at radius 3 is 2.10 bits per heavy atom. The number of aromatic nitrogens is 3. The number of allylic oxidation sites excluding steroid dienone is 2. The van der Waals surface area contributed by atoms with E-state index in [9.17, 15) is 0 Å². The molecule has 0 bridgehead atoms. The second-order valence-corrected chi connectivity index (χ2v) is 13.7. The van der Waals surface area contributed by atoms with Gasteiger partial charge in [0.1, 0.15) is 22.5 Å². The first-order valence-electron chi connectivity index (χ1n) is 18.0. The predicted octanol–water partition coefficient (Wildman–Crippen LogP) is 11.9. The highest BCUT2D eigenvalue weighted by molar-refractivity contribution is 6.10. The largest absolute Gasteiger partial charge is 0.460 e. The Hall–Kier alpha value is -6.59. The van der Waals surface area contributed by atoms with Gasteiger partial charge in [-0.3, -0.25) is 0 Å². The van der Waals surface area contributed by atoms with Crippen molar-refractivity contribution in [2.45, 2.75) is 25.7 Å². The van der Waals surface area contributed by atoms with Crippen LogP contribution in [0.25, 0.3) is 83.7 Å². The molecule has 0 saturated carbocycles. The molecule has 5 heteroatoms. The zero-order chi connectivity index (χ0) is 34.2. The van der Waals surface area contributed by atoms with Gasteiger partial charge in [0, 0.05) is 44.8 Å². The molecule has 3 heterocycles. The Labute approximate surface area is 299 Å². The van der Waals surface area contributed by atoms with Crippen molar-refractivity contribution in [3.05, 3.63) is 167 Å².